The molecule has 0 spiro atoms. The maximum absolute atomic E-state index is 10.8. The Kier molecular flexibility index (Phi) is 2.49. The highest BCUT2D eigenvalue weighted by atomic mass is 16.5. The van der Waals surface area contributed by atoms with Crippen LogP contribution in [-0.2, 0) is 6.42 Å². The Bertz CT molecular complexity index is 485. The van der Waals surface area contributed by atoms with E-state index in [1.54, 1.807) is 19.4 Å². The molecule has 2 N–H and O–H groups in total. The average Bonchev–Trinajstić information content (AvgIpc) is 2.65. The molecule has 0 atom stereocenters. The van der Waals surface area contributed by atoms with E-state index in [1.165, 1.54) is 0 Å². The molecule has 0 fully saturated rings. The largest absolute Gasteiger partial charge is 0.481 e. The lowest BCUT2D eigenvalue weighted by Crippen LogP contribution is -2.01. The number of aromatic nitrogens is 4. The minimum atomic E-state index is -0.300. The Hall–Kier alpha value is -2.11. The zero-order chi connectivity index (χ0) is 10.7. The van der Waals surface area contributed by atoms with Gasteiger partial charge >= 0.3 is 5.69 Å². The van der Waals surface area contributed by atoms with Gasteiger partial charge in [-0.15, -0.1) is 0 Å². The molecule has 0 amide bonds. The summed E-state index contributed by atoms with van der Waals surface area (Å²) >= 11 is 0. The molecule has 0 aliphatic heterocycles. The predicted molar refractivity (Wildman–Crippen MR) is 52.8 cm³/mol. The zero-order valence-electron chi connectivity index (χ0n) is 8.15. The van der Waals surface area contributed by atoms with Crippen molar-refractivity contribution in [3.05, 3.63) is 40.2 Å². The Morgan fingerprint density at radius 3 is 2.87 bits per heavy atom. The van der Waals surface area contributed by atoms with Crippen LogP contribution in [0.5, 0.6) is 5.88 Å². The molecule has 0 unspecified atom stereocenters. The van der Waals surface area contributed by atoms with Crippen molar-refractivity contribution in [2.24, 2.45) is 0 Å². The summed E-state index contributed by atoms with van der Waals surface area (Å²) in [5.74, 6) is 1.15. The lowest BCUT2D eigenvalue weighted by atomic mass is 10.2. The third kappa shape index (κ3) is 2.22. The maximum atomic E-state index is 10.8. The lowest BCUT2D eigenvalue weighted by Gasteiger charge is -1.99. The summed E-state index contributed by atoms with van der Waals surface area (Å²) in [6.45, 7) is 0. The van der Waals surface area contributed by atoms with Gasteiger partial charge in [0, 0.05) is 18.7 Å². The highest BCUT2D eigenvalue weighted by Gasteiger charge is 2.01. The molecule has 6 heteroatoms. The molecule has 0 radical (unpaired) electrons. The van der Waals surface area contributed by atoms with Gasteiger partial charge in [0.1, 0.15) is 5.82 Å². The SMILES string of the molecule is COc1ccc(Cc2n[nH]c(=O)[nH]2)cn1. The molecule has 0 aliphatic carbocycles. The van der Waals surface area contributed by atoms with Gasteiger partial charge in [-0.1, -0.05) is 6.07 Å². The van der Waals surface area contributed by atoms with E-state index >= 15 is 0 Å². The molecule has 0 aliphatic rings. The Morgan fingerprint density at radius 1 is 1.47 bits per heavy atom. The van der Waals surface area contributed by atoms with Gasteiger partial charge < -0.3 is 4.74 Å². The summed E-state index contributed by atoms with van der Waals surface area (Å²) in [5.41, 5.74) is 0.657. The van der Waals surface area contributed by atoms with E-state index in [-0.39, 0.29) is 5.69 Å². The van der Waals surface area contributed by atoms with Gasteiger partial charge in [0.25, 0.3) is 0 Å². The van der Waals surface area contributed by atoms with Crippen LogP contribution in [0, 0.1) is 0 Å². The minimum absolute atomic E-state index is 0.300. The normalized spacial score (nSPS) is 10.2. The number of hydrogen-bond acceptors (Lipinski definition) is 4. The molecule has 2 aromatic rings. The van der Waals surface area contributed by atoms with Crippen LogP contribution in [0.25, 0.3) is 0 Å². The molecule has 2 heterocycles. The third-order valence-electron chi connectivity index (χ3n) is 1.93. The van der Waals surface area contributed by atoms with Crippen LogP contribution in [-0.4, -0.2) is 27.3 Å². The molecule has 78 valence electrons. The molecule has 0 saturated heterocycles. The van der Waals surface area contributed by atoms with Crippen LogP contribution in [0.3, 0.4) is 0 Å². The second-order valence-corrected chi connectivity index (χ2v) is 3.01. The monoisotopic (exact) mass is 206 g/mol. The molecule has 2 aromatic heterocycles. The topological polar surface area (TPSA) is 83.7 Å². The van der Waals surface area contributed by atoms with Gasteiger partial charge in [-0.3, -0.25) is 4.98 Å². The van der Waals surface area contributed by atoms with E-state index in [0.29, 0.717) is 18.1 Å². The van der Waals surface area contributed by atoms with Crippen LogP contribution < -0.4 is 10.4 Å². The van der Waals surface area contributed by atoms with E-state index in [4.69, 9.17) is 4.74 Å². The van der Waals surface area contributed by atoms with Crippen molar-refractivity contribution in [2.45, 2.75) is 6.42 Å². The first kappa shape index (κ1) is 9.45. The summed E-state index contributed by atoms with van der Waals surface area (Å²) in [6, 6.07) is 3.64. The third-order valence-corrected chi connectivity index (χ3v) is 1.93. The van der Waals surface area contributed by atoms with E-state index < -0.39 is 0 Å². The van der Waals surface area contributed by atoms with Crippen LogP contribution in [0.15, 0.2) is 23.1 Å². The fourth-order valence-corrected chi connectivity index (χ4v) is 1.22. The zero-order valence-corrected chi connectivity index (χ0v) is 8.15. The first-order valence-corrected chi connectivity index (χ1v) is 4.40. The van der Waals surface area contributed by atoms with Crippen molar-refractivity contribution in [1.29, 1.82) is 0 Å². The second kappa shape index (κ2) is 3.95. The maximum Gasteiger partial charge on any atom is 0.340 e. The number of pyridine rings is 1. The van der Waals surface area contributed by atoms with Crippen molar-refractivity contribution >= 4 is 0 Å². The Labute approximate surface area is 85.3 Å². The van der Waals surface area contributed by atoms with E-state index in [2.05, 4.69) is 20.2 Å². The van der Waals surface area contributed by atoms with Crippen molar-refractivity contribution in [1.82, 2.24) is 20.2 Å². The first-order valence-electron chi connectivity index (χ1n) is 4.40. The summed E-state index contributed by atoms with van der Waals surface area (Å²) in [6.07, 6.45) is 2.22. The number of nitrogens with one attached hydrogen (secondary N) is 2. The van der Waals surface area contributed by atoms with Crippen LogP contribution in [0.1, 0.15) is 11.4 Å². The highest BCUT2D eigenvalue weighted by Crippen LogP contribution is 2.08. The molecule has 6 nitrogen and oxygen atoms in total. The summed E-state index contributed by atoms with van der Waals surface area (Å²) < 4.78 is 4.93. The smallest absolute Gasteiger partial charge is 0.340 e. The standard InChI is InChI=1S/C9H10N4O2/c1-15-8-3-2-6(5-10-8)4-7-11-9(14)13-12-7/h2-3,5H,4H2,1H3,(H2,11,12,13,14). The van der Waals surface area contributed by atoms with Gasteiger partial charge in [-0.25, -0.2) is 14.9 Å². The fraction of sp³-hybridized carbons (Fsp3) is 0.222. The highest BCUT2D eigenvalue weighted by molar-refractivity contribution is 5.20. The van der Waals surface area contributed by atoms with Crippen LogP contribution in [0.4, 0.5) is 0 Å². The molecular formula is C9H10N4O2. The molecule has 2 rings (SSSR count). The number of methoxy groups -OCH3 is 1. The minimum Gasteiger partial charge on any atom is -0.481 e. The second-order valence-electron chi connectivity index (χ2n) is 3.01. The van der Waals surface area contributed by atoms with Crippen LogP contribution >= 0.6 is 0 Å². The van der Waals surface area contributed by atoms with Gasteiger partial charge in [0.05, 0.1) is 7.11 Å². The number of hydrogen-bond donors (Lipinski definition) is 2. The van der Waals surface area contributed by atoms with E-state index in [1.807, 2.05) is 6.07 Å². The average molecular weight is 206 g/mol. The van der Waals surface area contributed by atoms with Crippen molar-refractivity contribution in [3.8, 4) is 5.88 Å². The van der Waals surface area contributed by atoms with Gasteiger partial charge in [0.15, 0.2) is 0 Å². The van der Waals surface area contributed by atoms with Gasteiger partial charge in [-0.05, 0) is 5.56 Å². The molecule has 0 bridgehead atoms. The van der Waals surface area contributed by atoms with Crippen LogP contribution in [0.2, 0.25) is 0 Å². The predicted octanol–water partition coefficient (Wildman–Crippen LogP) is 0.0924. The quantitative estimate of drug-likeness (QED) is 0.745. The Morgan fingerprint density at radius 2 is 2.33 bits per heavy atom. The van der Waals surface area contributed by atoms with Crippen molar-refractivity contribution in [2.75, 3.05) is 7.11 Å². The first-order chi connectivity index (χ1) is 7.28. The van der Waals surface area contributed by atoms with Crippen molar-refractivity contribution < 1.29 is 4.74 Å². The van der Waals surface area contributed by atoms with Crippen molar-refractivity contribution in [3.63, 3.8) is 0 Å². The summed E-state index contributed by atoms with van der Waals surface area (Å²) in [5, 5.41) is 6.11. The molecule has 0 aromatic carbocycles. The van der Waals surface area contributed by atoms with E-state index in [0.717, 1.165) is 5.56 Å². The number of aromatic amines is 2. The molecule has 15 heavy (non-hydrogen) atoms. The fourth-order valence-electron chi connectivity index (χ4n) is 1.22. The molecule has 0 saturated carbocycles. The summed E-state index contributed by atoms with van der Waals surface area (Å²) in [4.78, 5) is 17.4. The summed E-state index contributed by atoms with van der Waals surface area (Å²) in [7, 11) is 1.56. The number of nitrogens with zero attached hydrogens (tertiary/aromatic N) is 2. The lowest BCUT2D eigenvalue weighted by molar-refractivity contribution is 0.397. The molecular weight excluding hydrogens is 196 g/mol. The van der Waals surface area contributed by atoms with E-state index in [9.17, 15) is 4.79 Å². The Balaban J connectivity index is 2.14. The van der Waals surface area contributed by atoms with Gasteiger partial charge in [0.2, 0.25) is 5.88 Å². The number of ether oxygens (including phenoxy) is 1. The van der Waals surface area contributed by atoms with Gasteiger partial charge in [-0.2, -0.15) is 5.10 Å². The number of H-pyrrole nitrogens is 2. The number of rotatable bonds is 3.